The van der Waals surface area contributed by atoms with E-state index in [1.165, 1.54) is 18.0 Å². The monoisotopic (exact) mass is 270 g/mol. The molecule has 0 radical (unpaired) electrons. The van der Waals surface area contributed by atoms with Gasteiger partial charge >= 0.3 is 12.2 Å². The minimum absolute atomic E-state index is 0.303. The molecule has 8 heteroatoms. The van der Waals surface area contributed by atoms with Crippen LogP contribution in [-0.2, 0) is 16.5 Å². The fourth-order valence-corrected chi connectivity index (χ4v) is 1.24. The van der Waals surface area contributed by atoms with Crippen LogP contribution >= 0.6 is 0 Å². The van der Waals surface area contributed by atoms with Gasteiger partial charge in [-0.3, -0.25) is 15.3 Å². The van der Waals surface area contributed by atoms with Crippen molar-refractivity contribution in [2.45, 2.75) is 26.4 Å². The summed E-state index contributed by atoms with van der Waals surface area (Å²) in [4.78, 5) is 22.8. The minimum Gasteiger partial charge on any atom is -0.453 e. The normalized spacial score (nSPS) is 10.8. The number of hydrogen-bond acceptors (Lipinski definition) is 5. The molecule has 0 atom stereocenters. The quantitative estimate of drug-likeness (QED) is 0.856. The number of nitrogens with zero attached hydrogens (tertiary/aromatic N) is 2. The van der Waals surface area contributed by atoms with E-state index >= 15 is 0 Å². The van der Waals surface area contributed by atoms with E-state index in [1.54, 1.807) is 27.8 Å². The standard InChI is InChI=1S/C11H18N4O4/c1-11(2,3)19-10(17)13-7-6-12-15(4)8(7)14-9(16)18-5/h6H,1-5H3,(H,13,17)(H,14,16). The van der Waals surface area contributed by atoms with Gasteiger partial charge in [0.15, 0.2) is 5.82 Å². The van der Waals surface area contributed by atoms with Gasteiger partial charge in [0.2, 0.25) is 0 Å². The van der Waals surface area contributed by atoms with E-state index in [2.05, 4.69) is 20.5 Å². The summed E-state index contributed by atoms with van der Waals surface area (Å²) in [6, 6.07) is 0. The third-order valence-electron chi connectivity index (χ3n) is 1.98. The number of aryl methyl sites for hydroxylation is 1. The predicted molar refractivity (Wildman–Crippen MR) is 69.1 cm³/mol. The largest absolute Gasteiger partial charge is 0.453 e. The zero-order valence-electron chi connectivity index (χ0n) is 11.6. The smallest absolute Gasteiger partial charge is 0.412 e. The van der Waals surface area contributed by atoms with Crippen LogP contribution in [-0.4, -0.2) is 34.7 Å². The second-order valence-electron chi connectivity index (χ2n) is 4.77. The van der Waals surface area contributed by atoms with Gasteiger partial charge in [-0.2, -0.15) is 5.10 Å². The van der Waals surface area contributed by atoms with Crippen molar-refractivity contribution in [1.29, 1.82) is 0 Å². The number of carbonyl (C=O) groups excluding carboxylic acids is 2. The first kappa shape index (κ1) is 14.8. The van der Waals surface area contributed by atoms with E-state index in [0.717, 1.165) is 0 Å². The topological polar surface area (TPSA) is 94.5 Å². The first-order chi connectivity index (χ1) is 8.73. The van der Waals surface area contributed by atoms with E-state index in [0.29, 0.717) is 11.5 Å². The number of nitrogens with one attached hydrogen (secondary N) is 2. The van der Waals surface area contributed by atoms with Gasteiger partial charge < -0.3 is 9.47 Å². The molecule has 0 saturated carbocycles. The Morgan fingerprint density at radius 3 is 2.42 bits per heavy atom. The number of hydrogen-bond donors (Lipinski definition) is 2. The van der Waals surface area contributed by atoms with Gasteiger partial charge in [-0.25, -0.2) is 9.59 Å². The molecule has 0 aliphatic carbocycles. The third-order valence-corrected chi connectivity index (χ3v) is 1.98. The average molecular weight is 270 g/mol. The summed E-state index contributed by atoms with van der Waals surface area (Å²) in [5, 5.41) is 8.88. The van der Waals surface area contributed by atoms with Gasteiger partial charge in [-0.05, 0) is 20.8 Å². The van der Waals surface area contributed by atoms with Crippen LogP contribution < -0.4 is 10.6 Å². The molecule has 0 unspecified atom stereocenters. The molecule has 1 aromatic heterocycles. The molecule has 0 bridgehead atoms. The van der Waals surface area contributed by atoms with E-state index in [-0.39, 0.29) is 0 Å². The molecule has 106 valence electrons. The Kier molecular flexibility index (Phi) is 4.36. The summed E-state index contributed by atoms with van der Waals surface area (Å²) >= 11 is 0. The molecule has 1 aromatic rings. The van der Waals surface area contributed by atoms with E-state index in [4.69, 9.17) is 4.74 Å². The van der Waals surface area contributed by atoms with Gasteiger partial charge in [-0.1, -0.05) is 0 Å². The van der Waals surface area contributed by atoms with Gasteiger partial charge in [0.1, 0.15) is 11.3 Å². The van der Waals surface area contributed by atoms with Crippen LogP contribution in [0, 0.1) is 0 Å². The fourth-order valence-electron chi connectivity index (χ4n) is 1.24. The van der Waals surface area contributed by atoms with Crippen molar-refractivity contribution in [3.8, 4) is 0 Å². The van der Waals surface area contributed by atoms with Crippen molar-refractivity contribution < 1.29 is 19.1 Å². The molecule has 0 aliphatic heterocycles. The van der Waals surface area contributed by atoms with Crippen LogP contribution in [0.2, 0.25) is 0 Å². The Morgan fingerprint density at radius 2 is 1.89 bits per heavy atom. The van der Waals surface area contributed by atoms with Crippen molar-refractivity contribution in [3.63, 3.8) is 0 Å². The van der Waals surface area contributed by atoms with Gasteiger partial charge in [-0.15, -0.1) is 0 Å². The SMILES string of the molecule is COC(=O)Nc1c(NC(=O)OC(C)(C)C)cnn1C. The van der Waals surface area contributed by atoms with Crippen LogP contribution in [0.25, 0.3) is 0 Å². The maximum Gasteiger partial charge on any atom is 0.412 e. The predicted octanol–water partition coefficient (Wildman–Crippen LogP) is 1.95. The van der Waals surface area contributed by atoms with E-state index < -0.39 is 17.8 Å². The summed E-state index contributed by atoms with van der Waals surface area (Å²) in [7, 11) is 2.86. The number of anilines is 2. The Hall–Kier alpha value is -2.25. The number of carbonyl (C=O) groups is 2. The number of aromatic nitrogens is 2. The van der Waals surface area contributed by atoms with Crippen LogP contribution in [0.4, 0.5) is 21.1 Å². The number of methoxy groups -OCH3 is 1. The lowest BCUT2D eigenvalue weighted by Crippen LogP contribution is -2.27. The molecule has 19 heavy (non-hydrogen) atoms. The zero-order valence-corrected chi connectivity index (χ0v) is 11.6. The Bertz CT molecular complexity index is 476. The summed E-state index contributed by atoms with van der Waals surface area (Å²) in [5.41, 5.74) is -0.287. The average Bonchev–Trinajstić information content (AvgIpc) is 2.58. The maximum atomic E-state index is 11.6. The molecular formula is C11H18N4O4. The van der Waals surface area contributed by atoms with Crippen molar-refractivity contribution in [2.24, 2.45) is 7.05 Å². The lowest BCUT2D eigenvalue weighted by molar-refractivity contribution is 0.0636. The van der Waals surface area contributed by atoms with Crippen molar-refractivity contribution in [3.05, 3.63) is 6.20 Å². The van der Waals surface area contributed by atoms with Gasteiger partial charge in [0.05, 0.1) is 13.3 Å². The number of amides is 2. The van der Waals surface area contributed by atoms with Crippen molar-refractivity contribution in [2.75, 3.05) is 17.7 Å². The highest BCUT2D eigenvalue weighted by molar-refractivity contribution is 5.93. The van der Waals surface area contributed by atoms with Crippen LogP contribution in [0.3, 0.4) is 0 Å². The molecule has 1 rings (SSSR count). The summed E-state index contributed by atoms with van der Waals surface area (Å²) in [6.07, 6.45) is 0.110. The summed E-state index contributed by atoms with van der Waals surface area (Å²) in [5.74, 6) is 0.303. The number of ether oxygens (including phenoxy) is 2. The lowest BCUT2D eigenvalue weighted by Gasteiger charge is -2.19. The molecule has 0 fully saturated rings. The molecular weight excluding hydrogens is 252 g/mol. The Labute approximate surface area is 111 Å². The highest BCUT2D eigenvalue weighted by Crippen LogP contribution is 2.21. The zero-order chi connectivity index (χ0) is 14.6. The van der Waals surface area contributed by atoms with E-state index in [9.17, 15) is 9.59 Å². The van der Waals surface area contributed by atoms with Gasteiger partial charge in [0.25, 0.3) is 0 Å². The Morgan fingerprint density at radius 1 is 1.26 bits per heavy atom. The molecule has 0 aliphatic rings. The number of rotatable bonds is 2. The first-order valence-corrected chi connectivity index (χ1v) is 5.60. The molecule has 0 saturated heterocycles. The maximum absolute atomic E-state index is 11.6. The minimum atomic E-state index is -0.657. The summed E-state index contributed by atoms with van der Waals surface area (Å²) < 4.78 is 11.0. The highest BCUT2D eigenvalue weighted by atomic mass is 16.6. The molecule has 0 spiro atoms. The molecule has 0 aromatic carbocycles. The van der Waals surface area contributed by atoms with Crippen molar-refractivity contribution >= 4 is 23.7 Å². The molecule has 2 N–H and O–H groups in total. The fraction of sp³-hybridized carbons (Fsp3) is 0.545. The molecule has 8 nitrogen and oxygen atoms in total. The molecule has 1 heterocycles. The highest BCUT2D eigenvalue weighted by Gasteiger charge is 2.19. The van der Waals surface area contributed by atoms with Gasteiger partial charge in [0, 0.05) is 7.05 Å². The second kappa shape index (κ2) is 5.59. The second-order valence-corrected chi connectivity index (χ2v) is 4.77. The summed E-state index contributed by atoms with van der Waals surface area (Å²) in [6.45, 7) is 5.26. The lowest BCUT2D eigenvalue weighted by atomic mass is 10.2. The Balaban J connectivity index is 2.79. The van der Waals surface area contributed by atoms with Crippen LogP contribution in [0.5, 0.6) is 0 Å². The first-order valence-electron chi connectivity index (χ1n) is 5.60. The van der Waals surface area contributed by atoms with Crippen molar-refractivity contribution in [1.82, 2.24) is 9.78 Å². The van der Waals surface area contributed by atoms with Crippen LogP contribution in [0.1, 0.15) is 20.8 Å². The van der Waals surface area contributed by atoms with Crippen LogP contribution in [0.15, 0.2) is 6.20 Å². The third kappa shape index (κ3) is 4.49. The molecule has 2 amide bonds. The van der Waals surface area contributed by atoms with E-state index in [1.807, 2.05) is 0 Å².